The molecular weight excluding hydrogens is 308 g/mol. The molecule has 24 heavy (non-hydrogen) atoms. The summed E-state index contributed by atoms with van der Waals surface area (Å²) in [6, 6.07) is 0. The first-order valence-corrected chi connectivity index (χ1v) is 9.09. The molecule has 5 nitrogen and oxygen atoms in total. The van der Waals surface area contributed by atoms with Crippen LogP contribution in [0, 0.1) is 34.5 Å². The van der Waals surface area contributed by atoms with Gasteiger partial charge >= 0.3 is 0 Å². The zero-order chi connectivity index (χ0) is 17.3. The topological polar surface area (TPSA) is 88.5 Å². The van der Waals surface area contributed by atoms with Gasteiger partial charge in [-0.3, -0.25) is 14.4 Å². The van der Waals surface area contributed by atoms with Gasteiger partial charge in [0.15, 0.2) is 5.78 Å². The van der Waals surface area contributed by atoms with Crippen LogP contribution in [0.2, 0.25) is 0 Å². The van der Waals surface area contributed by atoms with E-state index in [0.29, 0.717) is 12.8 Å². The highest BCUT2D eigenvalue weighted by atomic mass is 16.3. The Morgan fingerprint density at radius 3 is 2.54 bits per heavy atom. The first-order chi connectivity index (χ1) is 11.3. The summed E-state index contributed by atoms with van der Waals surface area (Å²) in [5.41, 5.74) is -1.32. The fraction of sp³-hybridized carbons (Fsp3) is 0.789. The number of aliphatic hydroxyl groups is 1. The average molecular weight is 332 g/mol. The maximum atomic E-state index is 12.8. The SMILES string of the molecule is C[C@]12CC[C@H]3[C@@H](CC(=O)C4C(=O)[C@@H](O)CC[C@@]43C=O)[C@@H]1CCC2=O. The van der Waals surface area contributed by atoms with Gasteiger partial charge < -0.3 is 9.90 Å². The quantitative estimate of drug-likeness (QED) is 0.580. The summed E-state index contributed by atoms with van der Waals surface area (Å²) in [7, 11) is 0. The van der Waals surface area contributed by atoms with Crippen LogP contribution in [0.1, 0.15) is 51.9 Å². The van der Waals surface area contributed by atoms with E-state index in [0.717, 1.165) is 25.5 Å². The van der Waals surface area contributed by atoms with E-state index in [9.17, 15) is 24.3 Å². The first kappa shape index (κ1) is 16.1. The lowest BCUT2D eigenvalue weighted by Crippen LogP contribution is -2.62. The second-order valence-electron chi connectivity index (χ2n) is 8.59. The first-order valence-electron chi connectivity index (χ1n) is 9.09. The molecule has 4 saturated carbocycles. The third kappa shape index (κ3) is 1.79. The number of ketones is 3. The molecule has 0 aliphatic heterocycles. The molecule has 4 rings (SSSR count). The van der Waals surface area contributed by atoms with Gasteiger partial charge in [0.2, 0.25) is 0 Å². The van der Waals surface area contributed by atoms with Crippen molar-refractivity contribution in [2.75, 3.05) is 0 Å². The molecule has 0 spiro atoms. The van der Waals surface area contributed by atoms with Crippen molar-refractivity contribution in [2.24, 2.45) is 34.5 Å². The van der Waals surface area contributed by atoms with Crippen LogP contribution < -0.4 is 0 Å². The Morgan fingerprint density at radius 2 is 1.83 bits per heavy atom. The summed E-state index contributed by atoms with van der Waals surface area (Å²) in [4.78, 5) is 49.8. The molecular formula is C19H24O5. The van der Waals surface area contributed by atoms with Gasteiger partial charge in [-0.2, -0.15) is 0 Å². The number of fused-ring (bicyclic) bond motifs is 5. The smallest absolute Gasteiger partial charge is 0.172 e. The van der Waals surface area contributed by atoms with Gasteiger partial charge in [0.05, 0.1) is 5.92 Å². The number of carbonyl (C=O) groups is 4. The normalized spacial score (nSPS) is 50.9. The summed E-state index contributed by atoms with van der Waals surface area (Å²) < 4.78 is 0. The van der Waals surface area contributed by atoms with E-state index in [4.69, 9.17) is 0 Å². The summed E-state index contributed by atoms with van der Waals surface area (Å²) >= 11 is 0. The van der Waals surface area contributed by atoms with Crippen LogP contribution in [0.5, 0.6) is 0 Å². The fourth-order valence-corrected chi connectivity index (χ4v) is 6.56. The van der Waals surface area contributed by atoms with E-state index >= 15 is 0 Å². The maximum Gasteiger partial charge on any atom is 0.172 e. The molecule has 4 fully saturated rings. The number of hydrogen-bond donors (Lipinski definition) is 1. The van der Waals surface area contributed by atoms with E-state index in [2.05, 4.69) is 0 Å². The molecule has 4 aliphatic carbocycles. The third-order valence-corrected chi connectivity index (χ3v) is 7.82. The predicted octanol–water partition coefficient (Wildman–Crippen LogP) is 1.50. The Balaban J connectivity index is 1.77. The molecule has 0 aromatic heterocycles. The Hall–Kier alpha value is -1.36. The number of Topliss-reactive ketones (excluding diaryl/α,β-unsaturated/α-hetero) is 3. The van der Waals surface area contributed by atoms with Crippen LogP contribution in [0.3, 0.4) is 0 Å². The number of aliphatic hydroxyl groups excluding tert-OH is 1. The predicted molar refractivity (Wildman–Crippen MR) is 83.9 cm³/mol. The molecule has 4 aliphatic rings. The summed E-state index contributed by atoms with van der Waals surface area (Å²) in [6.07, 6.45) is 3.47. The van der Waals surface area contributed by atoms with Crippen LogP contribution in [0.4, 0.5) is 0 Å². The summed E-state index contributed by atoms with van der Waals surface area (Å²) in [6.45, 7) is 2.02. The van der Waals surface area contributed by atoms with Crippen LogP contribution in [-0.4, -0.2) is 34.8 Å². The minimum Gasteiger partial charge on any atom is -0.385 e. The second-order valence-corrected chi connectivity index (χ2v) is 8.59. The van der Waals surface area contributed by atoms with Crippen LogP contribution in [0.25, 0.3) is 0 Å². The largest absolute Gasteiger partial charge is 0.385 e. The van der Waals surface area contributed by atoms with Gasteiger partial charge in [-0.1, -0.05) is 6.92 Å². The number of aldehydes is 1. The van der Waals surface area contributed by atoms with Gasteiger partial charge in [0, 0.05) is 23.7 Å². The zero-order valence-corrected chi connectivity index (χ0v) is 14.0. The lowest BCUT2D eigenvalue weighted by Gasteiger charge is -2.57. The number of rotatable bonds is 1. The van der Waals surface area contributed by atoms with Crippen LogP contribution in [-0.2, 0) is 19.2 Å². The highest BCUT2D eigenvalue weighted by Crippen LogP contribution is 2.63. The van der Waals surface area contributed by atoms with Crippen LogP contribution in [0.15, 0.2) is 0 Å². The van der Waals surface area contributed by atoms with Gasteiger partial charge in [0.25, 0.3) is 0 Å². The second kappa shape index (κ2) is 5.07. The monoisotopic (exact) mass is 332 g/mol. The highest BCUT2D eigenvalue weighted by Gasteiger charge is 2.65. The standard InChI is InChI=1S/C19H24O5/c1-18-6-4-12-10(11(18)2-3-15(18)23)8-14(22)16-17(24)13(21)5-7-19(12,16)9-20/h9-13,16,21H,2-8H2,1H3/t10-,11-,12-,13-,16?,18-,19-/m0/s1. The molecule has 5 heteroatoms. The molecule has 1 N–H and O–H groups in total. The van der Waals surface area contributed by atoms with Crippen molar-refractivity contribution in [2.45, 2.75) is 58.0 Å². The van der Waals surface area contributed by atoms with Crippen molar-refractivity contribution in [1.82, 2.24) is 0 Å². The Kier molecular flexibility index (Phi) is 3.41. The maximum absolute atomic E-state index is 12.8. The van der Waals surface area contributed by atoms with Crippen molar-refractivity contribution in [3.8, 4) is 0 Å². The van der Waals surface area contributed by atoms with E-state index in [1.807, 2.05) is 6.92 Å². The molecule has 0 aromatic rings. The molecule has 0 aromatic carbocycles. The van der Waals surface area contributed by atoms with E-state index < -0.39 is 23.2 Å². The van der Waals surface area contributed by atoms with Gasteiger partial charge in [-0.05, 0) is 49.9 Å². The lowest BCUT2D eigenvalue weighted by molar-refractivity contribution is -0.172. The van der Waals surface area contributed by atoms with Gasteiger partial charge in [0.1, 0.15) is 24.0 Å². The Morgan fingerprint density at radius 1 is 1.08 bits per heavy atom. The van der Waals surface area contributed by atoms with Gasteiger partial charge in [-0.25, -0.2) is 0 Å². The molecule has 0 saturated heterocycles. The Labute approximate surface area is 141 Å². The Bertz CT molecular complexity index is 640. The van der Waals surface area contributed by atoms with Crippen LogP contribution >= 0.6 is 0 Å². The van der Waals surface area contributed by atoms with E-state index in [1.165, 1.54) is 0 Å². The average Bonchev–Trinajstić information content (AvgIpc) is 2.86. The number of hydrogen-bond acceptors (Lipinski definition) is 5. The molecule has 0 heterocycles. The van der Waals surface area contributed by atoms with Crippen molar-refractivity contribution in [3.05, 3.63) is 0 Å². The lowest BCUT2D eigenvalue weighted by atomic mass is 9.44. The molecule has 0 amide bonds. The van der Waals surface area contributed by atoms with Gasteiger partial charge in [-0.15, -0.1) is 0 Å². The van der Waals surface area contributed by atoms with Crippen molar-refractivity contribution in [3.63, 3.8) is 0 Å². The zero-order valence-electron chi connectivity index (χ0n) is 14.0. The molecule has 130 valence electrons. The number of carbonyl (C=O) groups excluding carboxylic acids is 4. The third-order valence-electron chi connectivity index (χ3n) is 7.82. The summed E-state index contributed by atoms with van der Waals surface area (Å²) in [5, 5.41) is 9.90. The fourth-order valence-electron chi connectivity index (χ4n) is 6.56. The van der Waals surface area contributed by atoms with E-state index in [-0.39, 0.29) is 47.6 Å². The van der Waals surface area contributed by atoms with Crippen molar-refractivity contribution >= 4 is 23.6 Å². The molecule has 0 radical (unpaired) electrons. The van der Waals surface area contributed by atoms with Crippen molar-refractivity contribution in [1.29, 1.82) is 0 Å². The molecule has 1 unspecified atom stereocenters. The van der Waals surface area contributed by atoms with Crippen molar-refractivity contribution < 1.29 is 24.3 Å². The van der Waals surface area contributed by atoms with E-state index in [1.54, 1.807) is 0 Å². The molecule has 0 bridgehead atoms. The summed E-state index contributed by atoms with van der Waals surface area (Å²) in [5.74, 6) is -1.20. The minimum absolute atomic E-state index is 0.0156. The molecule has 7 atom stereocenters. The highest BCUT2D eigenvalue weighted by molar-refractivity contribution is 6.08. The minimum atomic E-state index is -1.12.